The lowest BCUT2D eigenvalue weighted by molar-refractivity contribution is -0.116. The van der Waals surface area contributed by atoms with Crippen molar-refractivity contribution in [2.75, 3.05) is 5.32 Å². The highest BCUT2D eigenvalue weighted by Gasteiger charge is 2.13. The number of amides is 1. The van der Waals surface area contributed by atoms with Gasteiger partial charge in [0.2, 0.25) is 15.9 Å². The van der Waals surface area contributed by atoms with E-state index in [-0.39, 0.29) is 16.2 Å². The topological polar surface area (TPSA) is 89.3 Å². The van der Waals surface area contributed by atoms with E-state index in [9.17, 15) is 13.2 Å². The molecule has 0 aromatic heterocycles. The molecule has 0 aliphatic rings. The van der Waals surface area contributed by atoms with Gasteiger partial charge in [0.15, 0.2) is 0 Å². The van der Waals surface area contributed by atoms with Crippen LogP contribution in [0.3, 0.4) is 0 Å². The van der Waals surface area contributed by atoms with Gasteiger partial charge in [-0.1, -0.05) is 20.8 Å². The molecule has 1 amide bonds. The van der Waals surface area contributed by atoms with Crippen LogP contribution in [0.2, 0.25) is 0 Å². The summed E-state index contributed by atoms with van der Waals surface area (Å²) in [5.74, 6) is -0.0849. The summed E-state index contributed by atoms with van der Waals surface area (Å²) in [5, 5.41) is 7.71. The summed E-state index contributed by atoms with van der Waals surface area (Å²) < 4.78 is 22.1. The van der Waals surface area contributed by atoms with Crippen molar-refractivity contribution < 1.29 is 13.2 Å². The Morgan fingerprint density at radius 1 is 1.21 bits per heavy atom. The van der Waals surface area contributed by atoms with E-state index in [4.69, 9.17) is 5.14 Å². The Morgan fingerprint density at radius 2 is 1.74 bits per heavy atom. The molecule has 1 aromatic rings. The Hall–Kier alpha value is -1.40. The van der Waals surface area contributed by atoms with E-state index >= 15 is 0 Å². The molecular formula is C13H20N2O3S. The van der Waals surface area contributed by atoms with Gasteiger partial charge < -0.3 is 5.32 Å². The van der Waals surface area contributed by atoms with Crippen LogP contribution >= 0.6 is 0 Å². The van der Waals surface area contributed by atoms with Crippen molar-refractivity contribution in [1.82, 2.24) is 0 Å². The first-order valence-corrected chi connectivity index (χ1v) is 7.55. The van der Waals surface area contributed by atoms with Gasteiger partial charge in [-0.3, -0.25) is 4.79 Å². The van der Waals surface area contributed by atoms with E-state index < -0.39 is 10.0 Å². The molecule has 1 rings (SSSR count). The van der Waals surface area contributed by atoms with Gasteiger partial charge in [0.1, 0.15) is 0 Å². The van der Waals surface area contributed by atoms with E-state index in [1.807, 2.05) is 0 Å². The lowest BCUT2D eigenvalue weighted by Crippen LogP contribution is -2.16. The monoisotopic (exact) mass is 284 g/mol. The minimum absolute atomic E-state index is 0.0280. The highest BCUT2D eigenvalue weighted by Crippen LogP contribution is 2.21. The van der Waals surface area contributed by atoms with Gasteiger partial charge in [-0.25, -0.2) is 13.6 Å². The minimum atomic E-state index is -3.69. The summed E-state index contributed by atoms with van der Waals surface area (Å²) >= 11 is 0. The molecule has 0 heterocycles. The molecule has 0 unspecified atom stereocenters. The number of nitrogens with one attached hydrogen (secondary N) is 1. The SMILES string of the molecule is CC(C)(C)CCC(=O)Nc1ccc(S(N)(=O)=O)cc1. The van der Waals surface area contributed by atoms with Gasteiger partial charge in [-0.2, -0.15) is 0 Å². The summed E-state index contributed by atoms with van der Waals surface area (Å²) in [6.45, 7) is 6.21. The number of hydrogen-bond acceptors (Lipinski definition) is 3. The van der Waals surface area contributed by atoms with Crippen LogP contribution in [0, 0.1) is 5.41 Å². The fourth-order valence-corrected chi connectivity index (χ4v) is 1.96. The van der Waals surface area contributed by atoms with Crippen LogP contribution in [0.25, 0.3) is 0 Å². The summed E-state index contributed by atoms with van der Waals surface area (Å²) in [4.78, 5) is 11.7. The molecule has 19 heavy (non-hydrogen) atoms. The van der Waals surface area contributed by atoms with E-state index in [2.05, 4.69) is 26.1 Å². The summed E-state index contributed by atoms with van der Waals surface area (Å²) in [6.07, 6.45) is 1.22. The van der Waals surface area contributed by atoms with Gasteiger partial charge >= 0.3 is 0 Å². The average Bonchev–Trinajstić information content (AvgIpc) is 2.25. The molecule has 5 nitrogen and oxygen atoms in total. The van der Waals surface area contributed by atoms with Crippen molar-refractivity contribution in [3.8, 4) is 0 Å². The number of benzene rings is 1. The zero-order chi connectivity index (χ0) is 14.7. The third kappa shape index (κ3) is 5.85. The number of hydrogen-bond donors (Lipinski definition) is 2. The zero-order valence-corrected chi connectivity index (χ0v) is 12.3. The summed E-state index contributed by atoms with van der Waals surface area (Å²) in [6, 6.07) is 5.78. The van der Waals surface area contributed by atoms with Crippen LogP contribution in [0.4, 0.5) is 5.69 Å². The van der Waals surface area contributed by atoms with Crippen LogP contribution in [-0.4, -0.2) is 14.3 Å². The van der Waals surface area contributed by atoms with Gasteiger partial charge in [-0.15, -0.1) is 0 Å². The van der Waals surface area contributed by atoms with Crippen LogP contribution in [0.15, 0.2) is 29.2 Å². The Morgan fingerprint density at radius 3 is 2.16 bits per heavy atom. The normalized spacial score (nSPS) is 12.2. The van der Waals surface area contributed by atoms with Crippen molar-refractivity contribution in [1.29, 1.82) is 0 Å². The van der Waals surface area contributed by atoms with Gasteiger partial charge in [0, 0.05) is 12.1 Å². The van der Waals surface area contributed by atoms with Crippen molar-refractivity contribution in [2.24, 2.45) is 10.6 Å². The molecule has 106 valence electrons. The number of rotatable bonds is 4. The second-order valence-corrected chi connectivity index (χ2v) is 7.24. The van der Waals surface area contributed by atoms with E-state index in [1.54, 1.807) is 0 Å². The number of sulfonamides is 1. The smallest absolute Gasteiger partial charge is 0.238 e. The maximum absolute atomic E-state index is 11.7. The zero-order valence-electron chi connectivity index (χ0n) is 11.4. The first-order chi connectivity index (χ1) is 8.58. The summed E-state index contributed by atoms with van der Waals surface area (Å²) in [7, 11) is -3.69. The first kappa shape index (κ1) is 15.7. The predicted molar refractivity (Wildman–Crippen MR) is 75.1 cm³/mol. The van der Waals surface area contributed by atoms with Crippen LogP contribution in [0.5, 0.6) is 0 Å². The molecule has 0 fully saturated rings. The van der Waals surface area contributed by atoms with E-state index in [1.165, 1.54) is 24.3 Å². The maximum atomic E-state index is 11.7. The summed E-state index contributed by atoms with van der Waals surface area (Å²) in [5.41, 5.74) is 0.667. The maximum Gasteiger partial charge on any atom is 0.238 e. The third-order valence-corrected chi connectivity index (χ3v) is 3.50. The third-order valence-electron chi connectivity index (χ3n) is 2.57. The lowest BCUT2D eigenvalue weighted by Gasteiger charge is -2.17. The predicted octanol–water partition coefficient (Wildman–Crippen LogP) is 2.10. The molecule has 0 atom stereocenters. The van der Waals surface area contributed by atoms with Crippen molar-refractivity contribution >= 4 is 21.6 Å². The van der Waals surface area contributed by atoms with Crippen molar-refractivity contribution in [2.45, 2.75) is 38.5 Å². The molecule has 0 spiro atoms. The Bertz CT molecular complexity index is 542. The van der Waals surface area contributed by atoms with Crippen LogP contribution < -0.4 is 10.5 Å². The van der Waals surface area contributed by atoms with E-state index in [0.717, 1.165) is 6.42 Å². The molecule has 0 saturated carbocycles. The molecule has 0 aliphatic heterocycles. The first-order valence-electron chi connectivity index (χ1n) is 6.01. The lowest BCUT2D eigenvalue weighted by atomic mass is 9.90. The fraction of sp³-hybridized carbons (Fsp3) is 0.462. The highest BCUT2D eigenvalue weighted by molar-refractivity contribution is 7.89. The quantitative estimate of drug-likeness (QED) is 0.887. The second kappa shape index (κ2) is 5.71. The minimum Gasteiger partial charge on any atom is -0.326 e. The molecule has 3 N–H and O–H groups in total. The van der Waals surface area contributed by atoms with Crippen LogP contribution in [0.1, 0.15) is 33.6 Å². The van der Waals surface area contributed by atoms with Gasteiger partial charge in [0.25, 0.3) is 0 Å². The van der Waals surface area contributed by atoms with Gasteiger partial charge in [-0.05, 0) is 36.1 Å². The Kier molecular flexibility index (Phi) is 4.70. The van der Waals surface area contributed by atoms with Gasteiger partial charge in [0.05, 0.1) is 4.90 Å². The van der Waals surface area contributed by atoms with Crippen molar-refractivity contribution in [3.05, 3.63) is 24.3 Å². The number of carbonyl (C=O) groups is 1. The molecule has 0 aliphatic carbocycles. The number of nitrogens with two attached hydrogens (primary N) is 1. The van der Waals surface area contributed by atoms with Crippen molar-refractivity contribution in [3.63, 3.8) is 0 Å². The highest BCUT2D eigenvalue weighted by atomic mass is 32.2. The molecule has 0 saturated heterocycles. The largest absolute Gasteiger partial charge is 0.326 e. The number of carbonyl (C=O) groups excluding carboxylic acids is 1. The average molecular weight is 284 g/mol. The molecule has 0 bridgehead atoms. The van der Waals surface area contributed by atoms with Crippen LogP contribution in [-0.2, 0) is 14.8 Å². The second-order valence-electron chi connectivity index (χ2n) is 5.68. The molecule has 1 aromatic carbocycles. The van der Waals surface area contributed by atoms with E-state index in [0.29, 0.717) is 12.1 Å². The molecular weight excluding hydrogens is 264 g/mol. The number of anilines is 1. The Labute approximate surface area is 114 Å². The number of primary sulfonamides is 1. The standard InChI is InChI=1S/C13H20N2O3S/c1-13(2,3)9-8-12(16)15-10-4-6-11(7-5-10)19(14,17)18/h4-7H,8-9H2,1-3H3,(H,15,16)(H2,14,17,18). The fourth-order valence-electron chi connectivity index (χ4n) is 1.44. The molecule has 6 heteroatoms. The molecule has 0 radical (unpaired) electrons. The Balaban J connectivity index is 2.61.